The van der Waals surface area contributed by atoms with Gasteiger partial charge in [-0.1, -0.05) is 24.3 Å². The van der Waals surface area contributed by atoms with E-state index < -0.39 is 35.4 Å². The van der Waals surface area contributed by atoms with Gasteiger partial charge in [-0.2, -0.15) is 5.10 Å². The maximum Gasteiger partial charge on any atom is 0.272 e. The summed E-state index contributed by atoms with van der Waals surface area (Å²) in [5.74, 6) is -4.52. The number of nitrogens with zero attached hydrogens (tertiary/aromatic N) is 2. The van der Waals surface area contributed by atoms with Crippen LogP contribution in [-0.2, 0) is 20.7 Å². The molecule has 0 aliphatic carbocycles. The van der Waals surface area contributed by atoms with Crippen LogP contribution in [-0.4, -0.2) is 46.0 Å². The molecule has 0 radical (unpaired) electrons. The number of halogens is 1. The summed E-state index contributed by atoms with van der Waals surface area (Å²) in [5, 5.41) is 7.63. The number of nitrogens with one attached hydrogen (secondary N) is 1. The van der Waals surface area contributed by atoms with E-state index in [2.05, 4.69) is 10.2 Å². The van der Waals surface area contributed by atoms with Crippen LogP contribution < -0.4 is 5.56 Å². The Balaban J connectivity index is 1.49. The molecule has 2 atom stereocenters. The molecule has 1 aromatic heterocycles. The van der Waals surface area contributed by atoms with Crippen molar-refractivity contribution >= 4 is 28.5 Å². The van der Waals surface area contributed by atoms with Crippen LogP contribution in [0.25, 0.3) is 10.8 Å². The fraction of sp³-hybridized carbons (Fsp3) is 0.227. The lowest BCUT2D eigenvalue weighted by Crippen LogP contribution is -2.39. The number of likely N-dealkylation sites (tertiary alicyclic amines) is 1. The summed E-state index contributed by atoms with van der Waals surface area (Å²) in [6.45, 7) is 0.152. The number of aromatic nitrogens is 2. The van der Waals surface area contributed by atoms with Crippen molar-refractivity contribution in [3.8, 4) is 0 Å². The van der Waals surface area contributed by atoms with E-state index in [1.165, 1.54) is 12.1 Å². The molecule has 3 aromatic rings. The summed E-state index contributed by atoms with van der Waals surface area (Å²) in [4.78, 5) is 50.5. The van der Waals surface area contributed by atoms with Crippen molar-refractivity contribution in [2.75, 3.05) is 13.2 Å². The Bertz CT molecular complexity index is 1300. The molecule has 2 fully saturated rings. The van der Waals surface area contributed by atoms with Crippen molar-refractivity contribution in [3.05, 3.63) is 75.5 Å². The fourth-order valence-electron chi connectivity index (χ4n) is 4.15. The molecule has 2 aliphatic rings. The van der Waals surface area contributed by atoms with Crippen molar-refractivity contribution in [2.24, 2.45) is 11.8 Å². The monoisotopic (exact) mass is 421 g/mol. The first-order valence-corrected chi connectivity index (χ1v) is 9.70. The molecular formula is C22H16FN3O5. The number of aromatic amines is 1. The number of fused-ring (bicyclic) bond motifs is 2. The summed E-state index contributed by atoms with van der Waals surface area (Å²) >= 11 is 0. The van der Waals surface area contributed by atoms with Gasteiger partial charge in [0, 0.05) is 11.8 Å². The van der Waals surface area contributed by atoms with E-state index in [1.54, 1.807) is 24.3 Å². The van der Waals surface area contributed by atoms with Gasteiger partial charge in [-0.25, -0.2) is 14.4 Å². The van der Waals surface area contributed by atoms with E-state index in [0.717, 1.165) is 6.07 Å². The van der Waals surface area contributed by atoms with Gasteiger partial charge in [-0.15, -0.1) is 0 Å². The van der Waals surface area contributed by atoms with Gasteiger partial charge in [0.2, 0.25) is 11.8 Å². The maximum atomic E-state index is 14.5. The minimum atomic E-state index is -0.983. The third-order valence-corrected chi connectivity index (χ3v) is 5.77. The number of H-pyrrole nitrogens is 1. The van der Waals surface area contributed by atoms with E-state index in [9.17, 15) is 23.6 Å². The van der Waals surface area contributed by atoms with Gasteiger partial charge < -0.3 is 4.74 Å². The van der Waals surface area contributed by atoms with Gasteiger partial charge in [-0.05, 0) is 23.8 Å². The maximum absolute atomic E-state index is 14.5. The summed E-state index contributed by atoms with van der Waals surface area (Å²) in [6, 6.07) is 10.9. The number of imide groups is 3. The molecule has 156 valence electrons. The molecule has 2 aliphatic heterocycles. The summed E-state index contributed by atoms with van der Waals surface area (Å²) < 4.78 is 19.7. The zero-order valence-corrected chi connectivity index (χ0v) is 16.1. The van der Waals surface area contributed by atoms with Gasteiger partial charge in [-0.3, -0.25) is 19.2 Å². The van der Waals surface area contributed by atoms with Gasteiger partial charge in [0.25, 0.3) is 11.5 Å². The Morgan fingerprint density at radius 3 is 2.45 bits per heavy atom. The molecule has 8 nitrogen and oxygen atoms in total. The number of benzene rings is 2. The van der Waals surface area contributed by atoms with Gasteiger partial charge in [0.15, 0.2) is 0 Å². The quantitative estimate of drug-likeness (QED) is 0.641. The van der Waals surface area contributed by atoms with E-state index >= 15 is 0 Å². The van der Waals surface area contributed by atoms with Crippen LogP contribution in [0, 0.1) is 17.7 Å². The Morgan fingerprint density at radius 1 is 1.06 bits per heavy atom. The molecule has 9 heteroatoms. The standard InChI is InChI=1S/C22H16FN3O5/c23-17-6-5-11(8-18-12-3-1-2-4-13(12)19(27)25-24-18)7-14(17)20(28)26-21(29)15-9-31-10-16(15)22(26)30/h1-7,15-16H,8-10H2,(H,25,27). The third kappa shape index (κ3) is 3.05. The molecule has 3 amide bonds. The van der Waals surface area contributed by atoms with Crippen molar-refractivity contribution in [1.29, 1.82) is 0 Å². The fourth-order valence-corrected chi connectivity index (χ4v) is 4.15. The molecule has 5 rings (SSSR count). The number of ether oxygens (including phenoxy) is 1. The van der Waals surface area contributed by atoms with Crippen LogP contribution in [0.15, 0.2) is 47.3 Å². The smallest absolute Gasteiger partial charge is 0.272 e. The third-order valence-electron chi connectivity index (χ3n) is 5.77. The highest BCUT2D eigenvalue weighted by atomic mass is 19.1. The second kappa shape index (κ2) is 7.21. The van der Waals surface area contributed by atoms with E-state index in [1.807, 2.05) is 0 Å². The van der Waals surface area contributed by atoms with Crippen molar-refractivity contribution in [3.63, 3.8) is 0 Å². The molecule has 3 heterocycles. The molecular weight excluding hydrogens is 405 g/mol. The van der Waals surface area contributed by atoms with Crippen LogP contribution in [0.4, 0.5) is 4.39 Å². The van der Waals surface area contributed by atoms with Crippen LogP contribution in [0.5, 0.6) is 0 Å². The highest BCUT2D eigenvalue weighted by molar-refractivity contribution is 6.21. The van der Waals surface area contributed by atoms with E-state index in [4.69, 9.17) is 4.74 Å². The van der Waals surface area contributed by atoms with Gasteiger partial charge in [0.05, 0.1) is 41.7 Å². The Morgan fingerprint density at radius 2 is 1.74 bits per heavy atom. The minimum absolute atomic E-state index is 0.0759. The minimum Gasteiger partial charge on any atom is -0.380 e. The topological polar surface area (TPSA) is 109 Å². The highest BCUT2D eigenvalue weighted by Gasteiger charge is 2.53. The molecule has 0 spiro atoms. The second-order valence-corrected chi connectivity index (χ2v) is 7.60. The molecule has 31 heavy (non-hydrogen) atoms. The predicted octanol–water partition coefficient (Wildman–Crippen LogP) is 1.42. The summed E-state index contributed by atoms with van der Waals surface area (Å²) in [5.41, 5.74) is 0.390. The molecule has 0 saturated carbocycles. The number of rotatable bonds is 3. The number of amides is 3. The highest BCUT2D eigenvalue weighted by Crippen LogP contribution is 2.33. The van der Waals surface area contributed by atoms with Crippen LogP contribution in [0.3, 0.4) is 0 Å². The van der Waals surface area contributed by atoms with Crippen molar-refractivity contribution in [2.45, 2.75) is 6.42 Å². The normalized spacial score (nSPS) is 20.5. The van der Waals surface area contributed by atoms with E-state index in [-0.39, 0.29) is 30.8 Å². The number of carbonyl (C=O) groups excluding carboxylic acids is 3. The van der Waals surface area contributed by atoms with Crippen molar-refractivity contribution in [1.82, 2.24) is 15.1 Å². The first-order valence-electron chi connectivity index (χ1n) is 9.70. The molecule has 1 N–H and O–H groups in total. The molecule has 0 bridgehead atoms. The lowest BCUT2D eigenvalue weighted by molar-refractivity contribution is -0.137. The van der Waals surface area contributed by atoms with Crippen LogP contribution in [0.1, 0.15) is 21.6 Å². The predicted molar refractivity (Wildman–Crippen MR) is 106 cm³/mol. The summed E-state index contributed by atoms with van der Waals surface area (Å²) in [6.07, 6.45) is 0.207. The van der Waals surface area contributed by atoms with Crippen LogP contribution in [0.2, 0.25) is 0 Å². The molecule has 2 saturated heterocycles. The zero-order valence-electron chi connectivity index (χ0n) is 16.1. The first-order chi connectivity index (χ1) is 15.0. The zero-order chi connectivity index (χ0) is 21.7. The van der Waals surface area contributed by atoms with E-state index in [0.29, 0.717) is 26.9 Å². The average molecular weight is 421 g/mol. The first kappa shape index (κ1) is 19.3. The summed E-state index contributed by atoms with van der Waals surface area (Å²) in [7, 11) is 0. The molecule has 2 unspecified atom stereocenters. The Kier molecular flexibility index (Phi) is 4.48. The largest absolute Gasteiger partial charge is 0.380 e. The Hall–Kier alpha value is -3.72. The van der Waals surface area contributed by atoms with Gasteiger partial charge >= 0.3 is 0 Å². The SMILES string of the molecule is O=C(c1cc(Cc2n[nH]c(=O)c3ccccc23)ccc1F)N1C(=O)C2COCC2C1=O. The van der Waals surface area contributed by atoms with Crippen molar-refractivity contribution < 1.29 is 23.5 Å². The van der Waals surface area contributed by atoms with Crippen LogP contribution >= 0.6 is 0 Å². The Labute approximate surface area is 174 Å². The lowest BCUT2D eigenvalue weighted by atomic mass is 10.00. The number of carbonyl (C=O) groups is 3. The molecule has 2 aromatic carbocycles. The van der Waals surface area contributed by atoms with Gasteiger partial charge in [0.1, 0.15) is 5.82 Å². The second-order valence-electron chi connectivity index (χ2n) is 7.60. The number of hydrogen-bond donors (Lipinski definition) is 1. The average Bonchev–Trinajstić information content (AvgIpc) is 3.35. The number of hydrogen-bond acceptors (Lipinski definition) is 6. The lowest BCUT2D eigenvalue weighted by Gasteiger charge is -2.15.